The van der Waals surface area contributed by atoms with Gasteiger partial charge in [0.05, 0.1) is 5.69 Å². The fraction of sp³-hybridized carbons (Fsp3) is 0.524. The van der Waals surface area contributed by atoms with E-state index in [-0.39, 0.29) is 0 Å². The van der Waals surface area contributed by atoms with Crippen LogP contribution in [0.5, 0.6) is 0 Å². The Bertz CT molecular complexity index is 818. The monoisotopic (exact) mass is 349 g/mol. The summed E-state index contributed by atoms with van der Waals surface area (Å²) in [5.74, 6) is 3.08. The van der Waals surface area contributed by atoms with Crippen LogP contribution in [0, 0.1) is 11.8 Å². The van der Waals surface area contributed by atoms with E-state index in [1.54, 1.807) is 0 Å². The van der Waals surface area contributed by atoms with E-state index in [2.05, 4.69) is 39.5 Å². The van der Waals surface area contributed by atoms with E-state index in [1.165, 1.54) is 36.1 Å². The van der Waals surface area contributed by atoms with Gasteiger partial charge in [0.25, 0.3) is 0 Å². The summed E-state index contributed by atoms with van der Waals surface area (Å²) in [6, 6.07) is 8.63. The van der Waals surface area contributed by atoms with Gasteiger partial charge in [-0.15, -0.1) is 0 Å². The maximum Gasteiger partial charge on any atom is 0.222 e. The fourth-order valence-corrected chi connectivity index (χ4v) is 5.09. The summed E-state index contributed by atoms with van der Waals surface area (Å²) in [7, 11) is 0. The molecule has 2 aliphatic heterocycles. The van der Waals surface area contributed by atoms with Crippen molar-refractivity contribution in [2.75, 3.05) is 36.8 Å². The van der Waals surface area contributed by atoms with E-state index in [9.17, 15) is 0 Å². The quantitative estimate of drug-likeness (QED) is 0.828. The number of aryl methyl sites for hydroxylation is 1. The Morgan fingerprint density at radius 1 is 1.08 bits per heavy atom. The standard InChI is InChI=1S/C21H27N5/c22-21-24-19-17-6-2-1-4-15(17)5-3-7-18(19)20(25-21)26-11-9-14-8-10-23-12-16(14)13-26/h1-2,4,6,14,16,23H,3,5,7-13H2,(H2,22,24,25). The lowest BCUT2D eigenvalue weighted by Crippen LogP contribution is -2.49. The summed E-state index contributed by atoms with van der Waals surface area (Å²) in [4.78, 5) is 11.9. The van der Waals surface area contributed by atoms with E-state index >= 15 is 0 Å². The molecule has 2 atom stereocenters. The average molecular weight is 349 g/mol. The molecule has 1 aliphatic carbocycles. The molecular formula is C21H27N5. The Morgan fingerprint density at radius 2 is 2.00 bits per heavy atom. The van der Waals surface area contributed by atoms with Gasteiger partial charge < -0.3 is 16.0 Å². The Morgan fingerprint density at radius 3 is 2.96 bits per heavy atom. The summed E-state index contributed by atoms with van der Waals surface area (Å²) in [6.45, 7) is 4.48. The molecule has 0 saturated carbocycles. The second-order valence-electron chi connectivity index (χ2n) is 7.99. The van der Waals surface area contributed by atoms with E-state index in [0.717, 1.165) is 62.2 Å². The zero-order valence-corrected chi connectivity index (χ0v) is 15.2. The molecule has 5 rings (SSSR count). The molecule has 5 nitrogen and oxygen atoms in total. The minimum Gasteiger partial charge on any atom is -0.368 e. The van der Waals surface area contributed by atoms with Crippen LogP contribution in [0.15, 0.2) is 24.3 Å². The first-order chi connectivity index (χ1) is 12.8. The Balaban J connectivity index is 1.56. The van der Waals surface area contributed by atoms with Gasteiger partial charge in [0.2, 0.25) is 5.95 Å². The summed E-state index contributed by atoms with van der Waals surface area (Å²) in [5, 5.41) is 3.57. The summed E-state index contributed by atoms with van der Waals surface area (Å²) in [5.41, 5.74) is 11.1. The zero-order chi connectivity index (χ0) is 17.5. The summed E-state index contributed by atoms with van der Waals surface area (Å²) >= 11 is 0. The molecular weight excluding hydrogens is 322 g/mol. The van der Waals surface area contributed by atoms with Crippen molar-refractivity contribution >= 4 is 11.8 Å². The number of hydrogen-bond acceptors (Lipinski definition) is 5. The second kappa shape index (κ2) is 6.54. The van der Waals surface area contributed by atoms with Gasteiger partial charge in [0, 0.05) is 24.2 Å². The molecule has 0 bridgehead atoms. The van der Waals surface area contributed by atoms with E-state index in [1.807, 2.05) is 0 Å². The number of piperidine rings is 2. The highest BCUT2D eigenvalue weighted by Crippen LogP contribution is 2.38. The van der Waals surface area contributed by atoms with Gasteiger partial charge in [-0.3, -0.25) is 0 Å². The molecule has 2 aromatic rings. The van der Waals surface area contributed by atoms with Crippen LogP contribution in [0.4, 0.5) is 11.8 Å². The third-order valence-corrected chi connectivity index (χ3v) is 6.44. The molecule has 3 N–H and O–H groups in total. The largest absolute Gasteiger partial charge is 0.368 e. The van der Waals surface area contributed by atoms with Crippen LogP contribution in [0.3, 0.4) is 0 Å². The second-order valence-corrected chi connectivity index (χ2v) is 7.99. The lowest BCUT2D eigenvalue weighted by Gasteiger charge is -2.42. The molecule has 1 aromatic heterocycles. The van der Waals surface area contributed by atoms with Crippen molar-refractivity contribution in [3.8, 4) is 11.3 Å². The van der Waals surface area contributed by atoms with Crippen molar-refractivity contribution in [1.29, 1.82) is 0 Å². The summed E-state index contributed by atoms with van der Waals surface area (Å²) in [6.07, 6.45) is 5.85. The predicted octanol–water partition coefficient (Wildman–Crippen LogP) is 2.65. The van der Waals surface area contributed by atoms with Gasteiger partial charge in [-0.1, -0.05) is 24.3 Å². The third-order valence-electron chi connectivity index (χ3n) is 6.44. The van der Waals surface area contributed by atoms with Crippen LogP contribution < -0.4 is 16.0 Å². The number of aromatic nitrogens is 2. The Kier molecular flexibility index (Phi) is 4.04. The highest BCUT2D eigenvalue weighted by Gasteiger charge is 2.33. The number of anilines is 2. The van der Waals surface area contributed by atoms with Gasteiger partial charge in [0.15, 0.2) is 0 Å². The normalized spacial score (nSPS) is 25.0. The van der Waals surface area contributed by atoms with Gasteiger partial charge in [-0.2, -0.15) is 4.98 Å². The molecule has 2 fully saturated rings. The SMILES string of the molecule is Nc1nc2c(c(N3CCC4CCNCC4C3)n1)CCCc1ccccc1-2. The Labute approximate surface area is 155 Å². The van der Waals surface area contributed by atoms with Crippen LogP contribution >= 0.6 is 0 Å². The Hall–Kier alpha value is -2.14. The molecule has 2 unspecified atom stereocenters. The number of nitrogen functional groups attached to an aromatic ring is 1. The van der Waals surface area contributed by atoms with Crippen molar-refractivity contribution in [2.24, 2.45) is 11.8 Å². The smallest absolute Gasteiger partial charge is 0.222 e. The highest BCUT2D eigenvalue weighted by atomic mass is 15.2. The van der Waals surface area contributed by atoms with Crippen LogP contribution in [-0.2, 0) is 12.8 Å². The third kappa shape index (κ3) is 2.75. The first-order valence-corrected chi connectivity index (χ1v) is 10.00. The fourth-order valence-electron chi connectivity index (χ4n) is 5.09. The number of fused-ring (bicyclic) bond motifs is 4. The molecule has 0 amide bonds. The molecule has 0 radical (unpaired) electrons. The topological polar surface area (TPSA) is 67.1 Å². The minimum absolute atomic E-state index is 0.402. The summed E-state index contributed by atoms with van der Waals surface area (Å²) < 4.78 is 0. The van der Waals surface area contributed by atoms with Gasteiger partial charge >= 0.3 is 0 Å². The number of nitrogens with two attached hydrogens (primary N) is 1. The molecule has 1 aromatic carbocycles. The first kappa shape index (κ1) is 16.1. The minimum atomic E-state index is 0.402. The zero-order valence-electron chi connectivity index (χ0n) is 15.2. The van der Waals surface area contributed by atoms with Crippen molar-refractivity contribution < 1.29 is 0 Å². The van der Waals surface area contributed by atoms with E-state index in [4.69, 9.17) is 10.7 Å². The lowest BCUT2D eigenvalue weighted by molar-refractivity contribution is 0.217. The van der Waals surface area contributed by atoms with Crippen LogP contribution in [-0.4, -0.2) is 36.1 Å². The highest BCUT2D eigenvalue weighted by molar-refractivity contribution is 5.74. The van der Waals surface area contributed by atoms with Crippen molar-refractivity contribution in [2.45, 2.75) is 32.1 Å². The van der Waals surface area contributed by atoms with Crippen molar-refractivity contribution in [1.82, 2.24) is 15.3 Å². The lowest BCUT2D eigenvalue weighted by atomic mass is 9.81. The molecule has 26 heavy (non-hydrogen) atoms. The number of hydrogen-bond donors (Lipinski definition) is 2. The molecule has 3 aliphatic rings. The predicted molar refractivity (Wildman–Crippen MR) is 105 cm³/mol. The van der Waals surface area contributed by atoms with Gasteiger partial charge in [-0.05, 0) is 62.6 Å². The molecule has 3 heterocycles. The van der Waals surface area contributed by atoms with Crippen LogP contribution in [0.2, 0.25) is 0 Å². The number of nitrogens with one attached hydrogen (secondary N) is 1. The molecule has 0 spiro atoms. The van der Waals surface area contributed by atoms with Crippen LogP contribution in [0.25, 0.3) is 11.3 Å². The van der Waals surface area contributed by atoms with Crippen molar-refractivity contribution in [3.05, 3.63) is 35.4 Å². The van der Waals surface area contributed by atoms with Crippen molar-refractivity contribution in [3.63, 3.8) is 0 Å². The first-order valence-electron chi connectivity index (χ1n) is 10.00. The molecule has 2 saturated heterocycles. The average Bonchev–Trinajstić information content (AvgIpc) is 2.86. The number of rotatable bonds is 1. The van der Waals surface area contributed by atoms with Crippen LogP contribution in [0.1, 0.15) is 30.4 Å². The van der Waals surface area contributed by atoms with E-state index < -0.39 is 0 Å². The maximum atomic E-state index is 6.17. The maximum absolute atomic E-state index is 6.17. The number of benzene rings is 1. The molecule has 5 heteroatoms. The van der Waals surface area contributed by atoms with E-state index in [0.29, 0.717) is 5.95 Å². The molecule has 136 valence electrons. The van der Waals surface area contributed by atoms with Gasteiger partial charge in [-0.25, -0.2) is 4.98 Å². The number of nitrogens with zero attached hydrogens (tertiary/aromatic N) is 3. The van der Waals surface area contributed by atoms with Gasteiger partial charge in [0.1, 0.15) is 5.82 Å².